The summed E-state index contributed by atoms with van der Waals surface area (Å²) in [4.78, 5) is 21.5. The molecule has 3 aromatic carbocycles. The van der Waals surface area contributed by atoms with Crippen LogP contribution in [0.3, 0.4) is 0 Å². The molecule has 0 saturated heterocycles. The van der Waals surface area contributed by atoms with Crippen LogP contribution in [0.4, 0.5) is 5.69 Å². The van der Waals surface area contributed by atoms with Gasteiger partial charge in [-0.2, -0.15) is 8.42 Å². The molecule has 11 nitrogen and oxygen atoms in total. The largest absolute Gasteiger partial charge is 0.486 e. The van der Waals surface area contributed by atoms with Gasteiger partial charge in [0, 0.05) is 38.8 Å². The first kappa shape index (κ1) is 32.0. The summed E-state index contributed by atoms with van der Waals surface area (Å²) in [6.07, 6.45) is 2.37. The zero-order valence-electron chi connectivity index (χ0n) is 25.8. The maximum absolute atomic E-state index is 13.8. The lowest BCUT2D eigenvalue weighted by molar-refractivity contribution is 0.0344. The second-order valence-electron chi connectivity index (χ2n) is 11.5. The van der Waals surface area contributed by atoms with Crippen molar-refractivity contribution in [3.05, 3.63) is 96.4 Å². The maximum Gasteiger partial charge on any atom is 0.281 e. The van der Waals surface area contributed by atoms with Gasteiger partial charge in [0.05, 0.1) is 30.2 Å². The Bertz CT molecular complexity index is 1710. The van der Waals surface area contributed by atoms with E-state index in [1.807, 2.05) is 68.6 Å². The first-order valence-electron chi connectivity index (χ1n) is 14.8. The third kappa shape index (κ3) is 7.64. The molecular weight excluding hydrogens is 594 g/mol. The Balaban J connectivity index is 1.39. The van der Waals surface area contributed by atoms with Crippen LogP contribution >= 0.6 is 0 Å². The van der Waals surface area contributed by atoms with Crippen molar-refractivity contribution >= 4 is 21.6 Å². The molecule has 1 amide bonds. The molecular formula is C33H39N5O6S. The summed E-state index contributed by atoms with van der Waals surface area (Å²) < 4.78 is 43.0. The number of para-hydroxylation sites is 2. The van der Waals surface area contributed by atoms with Crippen LogP contribution in [0.15, 0.2) is 90.3 Å². The van der Waals surface area contributed by atoms with Crippen LogP contribution in [0.1, 0.15) is 29.8 Å². The summed E-state index contributed by atoms with van der Waals surface area (Å²) in [6, 6.07) is 21.8. The van der Waals surface area contributed by atoms with E-state index in [2.05, 4.69) is 14.6 Å². The van der Waals surface area contributed by atoms with Gasteiger partial charge in [0.1, 0.15) is 17.6 Å². The second kappa shape index (κ2) is 13.7. The average molecular weight is 634 g/mol. The van der Waals surface area contributed by atoms with Gasteiger partial charge in [0.25, 0.3) is 15.9 Å². The third-order valence-electron chi connectivity index (χ3n) is 7.74. The molecule has 0 radical (unpaired) electrons. The molecule has 45 heavy (non-hydrogen) atoms. The number of aliphatic hydroxyl groups excluding tert-OH is 1. The highest BCUT2D eigenvalue weighted by Crippen LogP contribution is 2.36. The number of benzene rings is 3. The van der Waals surface area contributed by atoms with Gasteiger partial charge in [0.2, 0.25) is 0 Å². The van der Waals surface area contributed by atoms with Crippen molar-refractivity contribution in [3.8, 4) is 17.2 Å². The molecule has 0 fully saturated rings. The van der Waals surface area contributed by atoms with Crippen LogP contribution in [-0.4, -0.2) is 77.7 Å². The molecule has 0 bridgehead atoms. The quantitative estimate of drug-likeness (QED) is 0.250. The average Bonchev–Trinajstić information content (AvgIpc) is 3.47. The molecule has 0 aliphatic carbocycles. The van der Waals surface area contributed by atoms with E-state index in [-0.39, 0.29) is 40.5 Å². The van der Waals surface area contributed by atoms with E-state index in [1.165, 1.54) is 17.1 Å². The number of sulfonamides is 1. The molecule has 0 saturated carbocycles. The maximum atomic E-state index is 13.8. The molecule has 0 unspecified atom stereocenters. The molecule has 1 aromatic heterocycles. The molecule has 4 aromatic rings. The molecule has 2 N–H and O–H groups in total. The molecule has 12 heteroatoms. The zero-order chi connectivity index (χ0) is 32.1. The van der Waals surface area contributed by atoms with Crippen molar-refractivity contribution < 1.29 is 27.8 Å². The number of carbonyl (C=O) groups excluding carboxylic acids is 1. The number of imidazole rings is 1. The smallest absolute Gasteiger partial charge is 0.281 e. The topological polar surface area (TPSA) is 126 Å². The van der Waals surface area contributed by atoms with E-state index in [9.17, 15) is 18.3 Å². The number of nitrogens with one attached hydrogen (secondary N) is 1. The van der Waals surface area contributed by atoms with Crippen LogP contribution < -0.4 is 14.2 Å². The van der Waals surface area contributed by atoms with E-state index in [0.29, 0.717) is 19.6 Å². The lowest BCUT2D eigenvalue weighted by atomic mass is 9.99. The number of likely N-dealkylation sites (N-methyl/N-ethyl adjacent to an activating group) is 1. The number of amides is 1. The Labute approximate surface area is 264 Å². The van der Waals surface area contributed by atoms with Gasteiger partial charge in [-0.25, -0.2) is 4.98 Å². The number of nitrogens with zero attached hydrogens (tertiary/aromatic N) is 4. The van der Waals surface area contributed by atoms with Crippen LogP contribution in [0.25, 0.3) is 0 Å². The van der Waals surface area contributed by atoms with Gasteiger partial charge in [-0.15, -0.1) is 0 Å². The standard InChI is InChI=1S/C33H39N5O6S/c1-23-17-38(24(2)21-39)33(40)28-11-8-12-29(35-45(41,42)31-20-37(4)22-34-31)32(28)44-30(23)19-36(3)18-25-13-15-27(16-14-25)43-26-9-6-5-7-10-26/h5-16,20,22-24,30,35,39H,17-19,21H2,1-4H3/t23-,24-,30+/m0/s1. The van der Waals surface area contributed by atoms with Gasteiger partial charge in [0.15, 0.2) is 10.8 Å². The number of aromatic nitrogens is 2. The van der Waals surface area contributed by atoms with Crippen molar-refractivity contribution in [1.29, 1.82) is 0 Å². The van der Waals surface area contributed by atoms with E-state index in [4.69, 9.17) is 9.47 Å². The number of aryl methyl sites for hydroxylation is 1. The Morgan fingerprint density at radius 3 is 2.47 bits per heavy atom. The molecule has 0 spiro atoms. The van der Waals surface area contributed by atoms with Crippen LogP contribution in [0.2, 0.25) is 0 Å². The summed E-state index contributed by atoms with van der Waals surface area (Å²) >= 11 is 0. The Morgan fingerprint density at radius 2 is 1.80 bits per heavy atom. The fourth-order valence-corrected chi connectivity index (χ4v) is 6.28. The minimum atomic E-state index is -4.06. The van der Waals surface area contributed by atoms with Gasteiger partial charge >= 0.3 is 0 Å². The highest BCUT2D eigenvalue weighted by Gasteiger charge is 2.35. The predicted molar refractivity (Wildman–Crippen MR) is 171 cm³/mol. The molecule has 5 rings (SSSR count). The van der Waals surface area contributed by atoms with E-state index >= 15 is 0 Å². The fourth-order valence-electron chi connectivity index (χ4n) is 5.24. The van der Waals surface area contributed by atoms with E-state index in [1.54, 1.807) is 37.1 Å². The van der Waals surface area contributed by atoms with Crippen LogP contribution in [-0.2, 0) is 23.6 Å². The van der Waals surface area contributed by atoms with Crippen molar-refractivity contribution in [1.82, 2.24) is 19.4 Å². The van der Waals surface area contributed by atoms with Gasteiger partial charge < -0.3 is 24.0 Å². The number of carbonyl (C=O) groups is 1. The Morgan fingerprint density at radius 1 is 1.09 bits per heavy atom. The summed E-state index contributed by atoms with van der Waals surface area (Å²) in [5.41, 5.74) is 1.43. The van der Waals surface area contributed by atoms with Crippen LogP contribution in [0, 0.1) is 5.92 Å². The molecule has 238 valence electrons. The summed E-state index contributed by atoms with van der Waals surface area (Å²) in [5.74, 6) is 1.15. The lowest BCUT2D eigenvalue weighted by Crippen LogP contribution is -2.49. The molecule has 1 aliphatic rings. The molecule has 3 atom stereocenters. The highest BCUT2D eigenvalue weighted by atomic mass is 32.2. The van der Waals surface area contributed by atoms with Crippen LogP contribution in [0.5, 0.6) is 17.2 Å². The number of ether oxygens (including phenoxy) is 2. The number of fused-ring (bicyclic) bond motifs is 1. The van der Waals surface area contributed by atoms with Crippen molar-refractivity contribution in [3.63, 3.8) is 0 Å². The predicted octanol–water partition coefficient (Wildman–Crippen LogP) is 4.37. The lowest BCUT2D eigenvalue weighted by Gasteiger charge is -2.38. The number of anilines is 1. The third-order valence-corrected chi connectivity index (χ3v) is 8.99. The minimum absolute atomic E-state index is 0.138. The minimum Gasteiger partial charge on any atom is -0.486 e. The monoisotopic (exact) mass is 633 g/mol. The van der Waals surface area contributed by atoms with E-state index < -0.39 is 22.2 Å². The highest BCUT2D eigenvalue weighted by molar-refractivity contribution is 7.92. The normalized spacial score (nSPS) is 17.6. The van der Waals surface area contributed by atoms with Gasteiger partial charge in [-0.05, 0) is 55.9 Å². The first-order valence-corrected chi connectivity index (χ1v) is 16.2. The second-order valence-corrected chi connectivity index (χ2v) is 13.2. The number of aliphatic hydroxyl groups is 1. The first-order chi connectivity index (χ1) is 21.5. The van der Waals surface area contributed by atoms with Gasteiger partial charge in [-0.1, -0.05) is 43.3 Å². The zero-order valence-corrected chi connectivity index (χ0v) is 26.6. The van der Waals surface area contributed by atoms with Crippen molar-refractivity contribution in [2.24, 2.45) is 13.0 Å². The molecule has 2 heterocycles. The fraction of sp³-hybridized carbons (Fsp3) is 0.333. The molecule has 1 aliphatic heterocycles. The van der Waals surface area contributed by atoms with Gasteiger partial charge in [-0.3, -0.25) is 14.4 Å². The number of hydrogen-bond acceptors (Lipinski definition) is 8. The summed E-state index contributed by atoms with van der Waals surface area (Å²) in [7, 11) is -0.401. The van der Waals surface area contributed by atoms with E-state index in [0.717, 1.165) is 17.1 Å². The Kier molecular flexibility index (Phi) is 9.76. The van der Waals surface area contributed by atoms with Crippen molar-refractivity contribution in [2.75, 3.05) is 31.5 Å². The Hall–Kier alpha value is -4.39. The summed E-state index contributed by atoms with van der Waals surface area (Å²) in [6.45, 7) is 5.02. The number of hydrogen-bond donors (Lipinski definition) is 2. The van der Waals surface area contributed by atoms with Crippen molar-refractivity contribution in [2.45, 2.75) is 37.6 Å². The number of rotatable bonds is 11. The SMILES string of the molecule is C[C@H]1CN([C@@H](C)CO)C(=O)c2cccc(NS(=O)(=O)c3cn(C)cn3)c2O[C@@H]1CN(C)Cc1ccc(Oc2ccccc2)cc1. The summed E-state index contributed by atoms with van der Waals surface area (Å²) in [5, 5.41) is 9.82.